The highest BCUT2D eigenvalue weighted by molar-refractivity contribution is 5.63. The van der Waals surface area contributed by atoms with Crippen LogP contribution in [0.15, 0.2) is 48.7 Å². The second-order valence-electron chi connectivity index (χ2n) is 7.97. The average molecular weight is 434 g/mol. The highest BCUT2D eigenvalue weighted by atomic mass is 15.3. The first kappa shape index (κ1) is 23.3. The molecule has 1 saturated heterocycles. The fourth-order valence-corrected chi connectivity index (χ4v) is 3.73. The van der Waals surface area contributed by atoms with Crippen LogP contribution >= 0.6 is 0 Å². The summed E-state index contributed by atoms with van der Waals surface area (Å²) in [7, 11) is 4.01. The highest BCUT2D eigenvalue weighted by Crippen LogP contribution is 2.25. The predicted octanol–water partition coefficient (Wildman–Crippen LogP) is 4.65. The summed E-state index contributed by atoms with van der Waals surface area (Å²) in [5.74, 6) is 3.48. The summed E-state index contributed by atoms with van der Waals surface area (Å²) >= 11 is 0. The molecule has 0 amide bonds. The van der Waals surface area contributed by atoms with Crippen LogP contribution in [0.1, 0.15) is 25.0 Å². The minimum Gasteiger partial charge on any atom is -0.363 e. The summed E-state index contributed by atoms with van der Waals surface area (Å²) in [6.45, 7) is 11.7. The summed E-state index contributed by atoms with van der Waals surface area (Å²) in [4.78, 5) is 20.7. The van der Waals surface area contributed by atoms with Crippen LogP contribution in [0.3, 0.4) is 0 Å². The molecule has 0 saturated carbocycles. The van der Waals surface area contributed by atoms with Crippen LogP contribution in [0.25, 0.3) is 0 Å². The lowest BCUT2D eigenvalue weighted by Crippen LogP contribution is -2.47. The van der Waals surface area contributed by atoms with E-state index in [0.29, 0.717) is 0 Å². The van der Waals surface area contributed by atoms with Gasteiger partial charge in [-0.25, -0.2) is 4.98 Å². The van der Waals surface area contributed by atoms with Crippen molar-refractivity contribution < 1.29 is 0 Å². The Bertz CT molecular complexity index is 976. The van der Waals surface area contributed by atoms with E-state index in [-0.39, 0.29) is 0 Å². The number of nitrogens with one attached hydrogen (secondary N) is 1. The van der Waals surface area contributed by atoms with Crippen molar-refractivity contribution >= 4 is 29.1 Å². The molecule has 2 aromatic heterocycles. The third-order valence-corrected chi connectivity index (χ3v) is 5.19. The first-order chi connectivity index (χ1) is 15.5. The van der Waals surface area contributed by atoms with Gasteiger partial charge in [-0.1, -0.05) is 26.0 Å². The fraction of sp³-hybridized carbons (Fsp3) is 0.400. The number of piperazine rings is 1. The molecule has 0 unspecified atom stereocenters. The quantitative estimate of drug-likeness (QED) is 0.628. The van der Waals surface area contributed by atoms with Crippen LogP contribution in [-0.4, -0.2) is 55.2 Å². The van der Waals surface area contributed by atoms with E-state index >= 15 is 0 Å². The van der Waals surface area contributed by atoms with Crippen molar-refractivity contribution in [1.29, 1.82) is 0 Å². The van der Waals surface area contributed by atoms with Crippen molar-refractivity contribution in [2.75, 3.05) is 60.3 Å². The van der Waals surface area contributed by atoms with Gasteiger partial charge in [0.2, 0.25) is 5.95 Å². The van der Waals surface area contributed by atoms with E-state index in [9.17, 15) is 0 Å². The zero-order valence-corrected chi connectivity index (χ0v) is 20.1. The van der Waals surface area contributed by atoms with E-state index in [1.807, 2.05) is 57.2 Å². The van der Waals surface area contributed by atoms with Crippen LogP contribution in [0.5, 0.6) is 0 Å². The number of benzene rings is 1. The van der Waals surface area contributed by atoms with E-state index in [1.165, 1.54) is 11.1 Å². The van der Waals surface area contributed by atoms with Gasteiger partial charge in [-0.3, -0.25) is 0 Å². The van der Waals surface area contributed by atoms with Crippen molar-refractivity contribution in [2.24, 2.45) is 0 Å². The Balaban J connectivity index is 0.00000141. The Labute approximate surface area is 192 Å². The topological polar surface area (TPSA) is 60.4 Å². The molecule has 1 aromatic carbocycles. The molecule has 3 heterocycles. The Morgan fingerprint density at radius 2 is 1.50 bits per heavy atom. The van der Waals surface area contributed by atoms with Crippen molar-refractivity contribution in [3.8, 4) is 0 Å². The number of hydrogen-bond donors (Lipinski definition) is 1. The van der Waals surface area contributed by atoms with E-state index in [0.717, 1.165) is 55.3 Å². The average Bonchev–Trinajstić information content (AvgIpc) is 2.80. The van der Waals surface area contributed by atoms with Gasteiger partial charge in [0.05, 0.1) is 0 Å². The van der Waals surface area contributed by atoms with Gasteiger partial charge in [0.25, 0.3) is 0 Å². The molecule has 0 aliphatic carbocycles. The number of aromatic nitrogens is 3. The molecule has 32 heavy (non-hydrogen) atoms. The first-order valence-corrected chi connectivity index (χ1v) is 11.3. The first-order valence-electron chi connectivity index (χ1n) is 11.3. The lowest BCUT2D eigenvalue weighted by atomic mass is 10.1. The third kappa shape index (κ3) is 5.87. The smallest absolute Gasteiger partial charge is 0.229 e. The third-order valence-electron chi connectivity index (χ3n) is 5.19. The number of anilines is 5. The SMILES string of the molecule is CC.Cc1cc(C)cc(Nc2cc(N(C)C)nc(N3CCN(c4ccccn4)CC3)n2)c1. The lowest BCUT2D eigenvalue weighted by molar-refractivity contribution is 0.635. The normalized spacial score (nSPS) is 13.3. The summed E-state index contributed by atoms with van der Waals surface area (Å²) in [6.07, 6.45) is 1.84. The Hall–Kier alpha value is -3.35. The molecule has 0 atom stereocenters. The molecule has 170 valence electrons. The molecule has 1 N–H and O–H groups in total. The summed E-state index contributed by atoms with van der Waals surface area (Å²) < 4.78 is 0. The molecular formula is C25H35N7. The Morgan fingerprint density at radius 1 is 0.844 bits per heavy atom. The van der Waals surface area contributed by atoms with Crippen molar-refractivity contribution in [3.63, 3.8) is 0 Å². The van der Waals surface area contributed by atoms with Crippen molar-refractivity contribution in [3.05, 3.63) is 59.8 Å². The molecular weight excluding hydrogens is 398 g/mol. The summed E-state index contributed by atoms with van der Waals surface area (Å²) in [5, 5.41) is 3.47. The molecule has 7 heteroatoms. The molecule has 1 fully saturated rings. The minimum absolute atomic E-state index is 0.758. The maximum atomic E-state index is 4.83. The number of aryl methyl sites for hydroxylation is 2. The van der Waals surface area contributed by atoms with Gasteiger partial charge < -0.3 is 20.0 Å². The minimum atomic E-state index is 0.758. The second-order valence-corrected chi connectivity index (χ2v) is 7.97. The van der Waals surface area contributed by atoms with E-state index < -0.39 is 0 Å². The van der Waals surface area contributed by atoms with E-state index in [1.54, 1.807) is 0 Å². The van der Waals surface area contributed by atoms with Gasteiger partial charge >= 0.3 is 0 Å². The van der Waals surface area contributed by atoms with Gasteiger partial charge in [-0.05, 0) is 49.2 Å². The predicted molar refractivity (Wildman–Crippen MR) is 136 cm³/mol. The van der Waals surface area contributed by atoms with Gasteiger partial charge in [0, 0.05) is 58.2 Å². The maximum Gasteiger partial charge on any atom is 0.229 e. The van der Waals surface area contributed by atoms with E-state index in [2.05, 4.69) is 58.2 Å². The largest absolute Gasteiger partial charge is 0.363 e. The molecule has 0 bridgehead atoms. The molecule has 7 nitrogen and oxygen atoms in total. The van der Waals surface area contributed by atoms with E-state index in [4.69, 9.17) is 9.97 Å². The fourth-order valence-electron chi connectivity index (χ4n) is 3.73. The zero-order chi connectivity index (χ0) is 23.1. The molecule has 1 aliphatic rings. The Morgan fingerprint density at radius 3 is 2.09 bits per heavy atom. The number of nitrogens with zero attached hydrogens (tertiary/aromatic N) is 6. The lowest BCUT2D eigenvalue weighted by Gasteiger charge is -2.35. The number of rotatable bonds is 5. The molecule has 0 radical (unpaired) electrons. The molecule has 0 spiro atoms. The second kappa shape index (κ2) is 10.8. The van der Waals surface area contributed by atoms with Gasteiger partial charge in [-0.15, -0.1) is 0 Å². The number of hydrogen-bond acceptors (Lipinski definition) is 7. The highest BCUT2D eigenvalue weighted by Gasteiger charge is 2.21. The summed E-state index contributed by atoms with van der Waals surface area (Å²) in [6, 6.07) is 14.5. The summed E-state index contributed by atoms with van der Waals surface area (Å²) in [5.41, 5.74) is 3.50. The van der Waals surface area contributed by atoms with Crippen LogP contribution in [0.2, 0.25) is 0 Å². The van der Waals surface area contributed by atoms with Crippen LogP contribution in [-0.2, 0) is 0 Å². The zero-order valence-electron chi connectivity index (χ0n) is 20.1. The van der Waals surface area contributed by atoms with Crippen molar-refractivity contribution in [2.45, 2.75) is 27.7 Å². The Kier molecular flexibility index (Phi) is 7.87. The number of pyridine rings is 1. The molecule has 4 rings (SSSR count). The van der Waals surface area contributed by atoms with Crippen molar-refractivity contribution in [1.82, 2.24) is 15.0 Å². The maximum absolute atomic E-state index is 4.83. The standard InChI is InChI=1S/C23H29N7.C2H6/c1-17-13-18(2)15-19(14-17)25-20-16-22(28(3)4)27-23(26-20)30-11-9-29(10-12-30)21-7-5-6-8-24-21;1-2/h5-8,13-16H,9-12H2,1-4H3,(H,25,26,27);1-2H3. The van der Waals surface area contributed by atoms with Gasteiger partial charge in [0.15, 0.2) is 0 Å². The molecule has 3 aromatic rings. The van der Waals surface area contributed by atoms with Crippen LogP contribution in [0.4, 0.5) is 29.1 Å². The molecule has 1 aliphatic heterocycles. The van der Waals surface area contributed by atoms with Gasteiger partial charge in [-0.2, -0.15) is 9.97 Å². The van der Waals surface area contributed by atoms with Crippen LogP contribution in [0, 0.1) is 13.8 Å². The monoisotopic (exact) mass is 433 g/mol. The van der Waals surface area contributed by atoms with Gasteiger partial charge in [0.1, 0.15) is 17.5 Å². The van der Waals surface area contributed by atoms with Crippen LogP contribution < -0.4 is 20.0 Å².